The Kier molecular flexibility index (Phi) is 5.69. The summed E-state index contributed by atoms with van der Waals surface area (Å²) in [5.41, 5.74) is -1.28. The monoisotopic (exact) mass is 524 g/mol. The largest absolute Gasteiger partial charge is 0.425 e. The van der Waals surface area contributed by atoms with Crippen LogP contribution in [0.5, 0.6) is 0 Å². The van der Waals surface area contributed by atoms with Gasteiger partial charge in [0.25, 0.3) is 0 Å². The van der Waals surface area contributed by atoms with E-state index in [0.29, 0.717) is 53.8 Å². The first-order valence-corrected chi connectivity index (χ1v) is 12.1. The fourth-order valence-electron chi connectivity index (χ4n) is 5.20. The second-order valence-corrected chi connectivity index (χ2v) is 9.47. The number of alkyl halides is 3. The fraction of sp³-hybridized carbons (Fsp3) is 0.250. The number of anilines is 1. The van der Waals surface area contributed by atoms with Crippen molar-refractivity contribution in [3.63, 3.8) is 0 Å². The molecule has 0 amide bonds. The van der Waals surface area contributed by atoms with E-state index >= 15 is 0 Å². The lowest BCUT2D eigenvalue weighted by Gasteiger charge is -2.31. The smallest absolute Gasteiger partial charge is 0.378 e. The SMILES string of the molecule is Cn1cc(C(O)(c2ccc3c(cnn3-c3ccc(F)cc3)c2)C(F)(F)F)c2ccc(N3CCOCC3)cc21. The summed E-state index contributed by atoms with van der Waals surface area (Å²) < 4.78 is 66.1. The number of aliphatic hydroxyl groups is 1. The zero-order valence-corrected chi connectivity index (χ0v) is 20.4. The van der Waals surface area contributed by atoms with Gasteiger partial charge in [0, 0.05) is 48.4 Å². The molecule has 1 unspecified atom stereocenters. The number of aromatic nitrogens is 3. The molecule has 1 saturated heterocycles. The van der Waals surface area contributed by atoms with Gasteiger partial charge in [0.05, 0.1) is 36.1 Å². The summed E-state index contributed by atoms with van der Waals surface area (Å²) in [6.07, 6.45) is -2.24. The van der Waals surface area contributed by atoms with Crippen LogP contribution in [0.3, 0.4) is 0 Å². The molecule has 1 fully saturated rings. The minimum absolute atomic E-state index is 0.249. The molecule has 1 atom stereocenters. The highest BCUT2D eigenvalue weighted by Gasteiger charge is 2.57. The average Bonchev–Trinajstić information content (AvgIpc) is 3.49. The molecule has 3 heterocycles. The van der Waals surface area contributed by atoms with Gasteiger partial charge in [-0.05, 0) is 54.1 Å². The van der Waals surface area contributed by atoms with Crippen LogP contribution in [-0.4, -0.2) is 51.9 Å². The molecule has 1 N–H and O–H groups in total. The van der Waals surface area contributed by atoms with Crippen molar-refractivity contribution in [3.8, 4) is 5.69 Å². The molecule has 196 valence electrons. The van der Waals surface area contributed by atoms with E-state index < -0.39 is 17.6 Å². The Hall–Kier alpha value is -3.89. The molecule has 0 saturated carbocycles. The van der Waals surface area contributed by atoms with Crippen LogP contribution >= 0.6 is 0 Å². The molecule has 0 bridgehead atoms. The van der Waals surface area contributed by atoms with Gasteiger partial charge in [-0.1, -0.05) is 12.1 Å². The van der Waals surface area contributed by atoms with Crippen molar-refractivity contribution in [2.45, 2.75) is 11.8 Å². The third-order valence-electron chi connectivity index (χ3n) is 7.21. The second kappa shape index (κ2) is 8.85. The number of hydrogen-bond acceptors (Lipinski definition) is 4. The number of ether oxygens (including phenoxy) is 1. The maximum atomic E-state index is 14.8. The minimum Gasteiger partial charge on any atom is -0.378 e. The van der Waals surface area contributed by atoms with E-state index in [1.165, 1.54) is 59.5 Å². The topological polar surface area (TPSA) is 55.5 Å². The lowest BCUT2D eigenvalue weighted by Crippen LogP contribution is -2.43. The Labute approximate surface area is 215 Å². The molecule has 0 radical (unpaired) electrons. The molecular formula is C28H24F4N4O2. The molecular weight excluding hydrogens is 500 g/mol. The van der Waals surface area contributed by atoms with Crippen LogP contribution in [-0.2, 0) is 17.4 Å². The second-order valence-electron chi connectivity index (χ2n) is 9.47. The van der Waals surface area contributed by atoms with E-state index in [2.05, 4.69) is 10.00 Å². The Morgan fingerprint density at radius 3 is 2.32 bits per heavy atom. The summed E-state index contributed by atoms with van der Waals surface area (Å²) in [7, 11) is 1.67. The van der Waals surface area contributed by atoms with Crippen LogP contribution in [0.4, 0.5) is 23.2 Å². The lowest BCUT2D eigenvalue weighted by molar-refractivity contribution is -0.247. The first-order valence-electron chi connectivity index (χ1n) is 12.1. The molecule has 2 aromatic heterocycles. The van der Waals surface area contributed by atoms with Gasteiger partial charge in [0.1, 0.15) is 5.82 Å². The van der Waals surface area contributed by atoms with E-state index in [4.69, 9.17) is 4.74 Å². The Morgan fingerprint density at radius 1 is 0.895 bits per heavy atom. The van der Waals surface area contributed by atoms with Gasteiger partial charge in [-0.2, -0.15) is 18.3 Å². The molecule has 1 aliphatic heterocycles. The molecule has 6 nitrogen and oxygen atoms in total. The van der Waals surface area contributed by atoms with Gasteiger partial charge in [0.15, 0.2) is 0 Å². The highest BCUT2D eigenvalue weighted by Crippen LogP contribution is 2.47. The molecule has 38 heavy (non-hydrogen) atoms. The van der Waals surface area contributed by atoms with E-state index in [-0.39, 0.29) is 11.1 Å². The van der Waals surface area contributed by atoms with Gasteiger partial charge in [-0.25, -0.2) is 9.07 Å². The third kappa shape index (κ3) is 3.83. The molecule has 5 aromatic rings. The Bertz CT molecular complexity index is 1640. The van der Waals surface area contributed by atoms with Crippen molar-refractivity contribution in [1.82, 2.24) is 14.3 Å². The zero-order chi connectivity index (χ0) is 26.7. The van der Waals surface area contributed by atoms with Crippen molar-refractivity contribution in [3.05, 3.63) is 90.0 Å². The van der Waals surface area contributed by atoms with Gasteiger partial charge in [-0.15, -0.1) is 0 Å². The Morgan fingerprint density at radius 2 is 1.61 bits per heavy atom. The fourth-order valence-corrected chi connectivity index (χ4v) is 5.20. The first kappa shape index (κ1) is 24.4. The zero-order valence-electron chi connectivity index (χ0n) is 20.4. The number of nitrogens with zero attached hydrogens (tertiary/aromatic N) is 4. The molecule has 3 aromatic carbocycles. The van der Waals surface area contributed by atoms with E-state index in [1.807, 2.05) is 6.07 Å². The van der Waals surface area contributed by atoms with Gasteiger partial charge >= 0.3 is 6.18 Å². The van der Waals surface area contributed by atoms with Crippen molar-refractivity contribution in [2.24, 2.45) is 7.05 Å². The van der Waals surface area contributed by atoms with Gasteiger partial charge in [-0.3, -0.25) is 0 Å². The maximum Gasteiger partial charge on any atom is 0.425 e. The summed E-state index contributed by atoms with van der Waals surface area (Å²) in [5.74, 6) is -0.408. The van der Waals surface area contributed by atoms with Gasteiger partial charge < -0.3 is 19.3 Å². The van der Waals surface area contributed by atoms with Crippen LogP contribution in [0.2, 0.25) is 0 Å². The number of fused-ring (bicyclic) bond motifs is 2. The van der Waals surface area contributed by atoms with Crippen LogP contribution in [0, 0.1) is 5.82 Å². The summed E-state index contributed by atoms with van der Waals surface area (Å²) in [6, 6.07) is 14.9. The molecule has 0 aliphatic carbocycles. The quantitative estimate of drug-likeness (QED) is 0.325. The predicted molar refractivity (Wildman–Crippen MR) is 136 cm³/mol. The predicted octanol–water partition coefficient (Wildman–Crippen LogP) is 5.29. The summed E-state index contributed by atoms with van der Waals surface area (Å²) in [4.78, 5) is 2.12. The van der Waals surface area contributed by atoms with Crippen molar-refractivity contribution >= 4 is 27.5 Å². The minimum atomic E-state index is -5.01. The van der Waals surface area contributed by atoms with E-state index in [0.717, 1.165) is 5.69 Å². The summed E-state index contributed by atoms with van der Waals surface area (Å²) in [5, 5.41) is 16.5. The van der Waals surface area contributed by atoms with Crippen LogP contribution in [0.15, 0.2) is 73.1 Å². The molecule has 6 rings (SSSR count). The number of morpholine rings is 1. The van der Waals surface area contributed by atoms with Crippen LogP contribution < -0.4 is 4.90 Å². The number of rotatable bonds is 4. The summed E-state index contributed by atoms with van der Waals surface area (Å²) in [6.45, 7) is 2.57. The number of aryl methyl sites for hydroxylation is 1. The lowest BCUT2D eigenvalue weighted by atomic mass is 9.85. The highest BCUT2D eigenvalue weighted by atomic mass is 19.4. The third-order valence-corrected chi connectivity index (χ3v) is 7.21. The molecule has 0 spiro atoms. The maximum absolute atomic E-state index is 14.8. The summed E-state index contributed by atoms with van der Waals surface area (Å²) >= 11 is 0. The molecule has 10 heteroatoms. The van der Waals surface area contributed by atoms with Crippen molar-refractivity contribution in [1.29, 1.82) is 0 Å². The first-order chi connectivity index (χ1) is 18.2. The average molecular weight is 525 g/mol. The number of halogens is 4. The van der Waals surface area contributed by atoms with E-state index in [1.54, 1.807) is 23.7 Å². The Balaban J connectivity index is 1.47. The van der Waals surface area contributed by atoms with Crippen molar-refractivity contribution < 1.29 is 27.4 Å². The highest BCUT2D eigenvalue weighted by molar-refractivity contribution is 5.89. The van der Waals surface area contributed by atoms with Gasteiger partial charge in [0.2, 0.25) is 5.60 Å². The van der Waals surface area contributed by atoms with Crippen LogP contribution in [0.1, 0.15) is 11.1 Å². The normalized spacial score (nSPS) is 16.3. The number of hydrogen-bond donors (Lipinski definition) is 1. The molecule has 1 aliphatic rings. The van der Waals surface area contributed by atoms with Crippen LogP contribution in [0.25, 0.3) is 27.5 Å². The van der Waals surface area contributed by atoms with Crippen molar-refractivity contribution in [2.75, 3.05) is 31.2 Å². The van der Waals surface area contributed by atoms with E-state index in [9.17, 15) is 22.7 Å². The standard InChI is InChI=1S/C28H24F4N4O2/c1-34-17-24(23-8-7-22(15-26(23)34)35-10-12-38-13-11-35)27(37,28(30,31)32)19-2-9-25-18(14-19)16-33-36(25)21-5-3-20(29)4-6-21/h2-9,14-17,37H,10-13H2,1H3. The number of benzene rings is 3.